The summed E-state index contributed by atoms with van der Waals surface area (Å²) in [6, 6.07) is 0. The molecule has 4 rings (SSSR count). The number of carbonyl (C=O) groups excluding carboxylic acids is 1. The predicted octanol–water partition coefficient (Wildman–Crippen LogP) is 5.85. The zero-order valence-electron chi connectivity index (χ0n) is 26.4. The van der Waals surface area contributed by atoms with Gasteiger partial charge >= 0.3 is 5.97 Å². The average molecular weight is 660 g/mol. The van der Waals surface area contributed by atoms with E-state index in [-0.39, 0.29) is 71.1 Å². The van der Waals surface area contributed by atoms with E-state index in [1.807, 2.05) is 6.92 Å². The van der Waals surface area contributed by atoms with E-state index in [0.717, 1.165) is 17.3 Å². The maximum Gasteiger partial charge on any atom is 0.308 e. The Balaban J connectivity index is 1.69. The fourth-order valence-electron chi connectivity index (χ4n) is 7.14. The second-order valence-electron chi connectivity index (χ2n) is 13.7. The lowest BCUT2D eigenvalue weighted by molar-refractivity contribution is -0.318. The van der Waals surface area contributed by atoms with Gasteiger partial charge in [-0.2, -0.15) is 0 Å². The third kappa shape index (κ3) is 6.60. The molecule has 4 aliphatic rings. The van der Waals surface area contributed by atoms with Crippen molar-refractivity contribution < 1.29 is 37.6 Å². The lowest BCUT2D eigenvalue weighted by atomic mass is 9.69. The summed E-state index contributed by atoms with van der Waals surface area (Å²) < 4.78 is 44.4. The van der Waals surface area contributed by atoms with Crippen LogP contribution in [0.3, 0.4) is 0 Å². The normalized spacial score (nSPS) is 41.3. The van der Waals surface area contributed by atoms with Gasteiger partial charge in [-0.1, -0.05) is 54.9 Å². The van der Waals surface area contributed by atoms with Gasteiger partial charge in [0.05, 0.1) is 31.3 Å². The van der Waals surface area contributed by atoms with E-state index in [9.17, 15) is 4.79 Å². The Bertz CT molecular complexity index is 980. The zero-order valence-corrected chi connectivity index (χ0v) is 29.0. The molecule has 0 aromatic carbocycles. The highest BCUT2D eigenvalue weighted by molar-refractivity contribution is 9.11. The molecule has 2 fully saturated rings. The van der Waals surface area contributed by atoms with E-state index in [1.54, 1.807) is 21.3 Å². The van der Waals surface area contributed by atoms with Crippen LogP contribution < -0.4 is 0 Å². The molecule has 234 valence electrons. The number of carbonyl (C=O) groups is 1. The van der Waals surface area contributed by atoms with E-state index in [2.05, 4.69) is 68.0 Å². The highest BCUT2D eigenvalue weighted by Crippen LogP contribution is 2.56. The molecule has 0 aromatic rings. The molecule has 0 spiro atoms. The third-order valence-corrected chi connectivity index (χ3v) is 15.6. The van der Waals surface area contributed by atoms with Crippen molar-refractivity contribution in [3.8, 4) is 0 Å². The number of rotatable bonds is 8. The van der Waals surface area contributed by atoms with Crippen LogP contribution in [0.25, 0.3) is 0 Å². The largest absolute Gasteiger partial charge is 0.469 e. The molecular formula is C31H51BrO8Si. The summed E-state index contributed by atoms with van der Waals surface area (Å²) in [5.41, 5.74) is 0. The summed E-state index contributed by atoms with van der Waals surface area (Å²) in [5, 5.41) is 0.0296. The highest BCUT2D eigenvalue weighted by Gasteiger charge is 2.57. The minimum atomic E-state index is -2.18. The average Bonchev–Trinajstić information content (AvgIpc) is 3.10. The van der Waals surface area contributed by atoms with Crippen molar-refractivity contribution in [1.82, 2.24) is 0 Å². The first-order valence-electron chi connectivity index (χ1n) is 15.0. The Hall–Kier alpha value is -0.593. The molecule has 1 heterocycles. The number of esters is 1. The molecule has 12 atom stereocenters. The minimum absolute atomic E-state index is 0.0296. The van der Waals surface area contributed by atoms with Crippen molar-refractivity contribution in [2.75, 3.05) is 28.4 Å². The Morgan fingerprint density at radius 3 is 2.22 bits per heavy atom. The summed E-state index contributed by atoms with van der Waals surface area (Å²) in [5.74, 6) is 0.618. The van der Waals surface area contributed by atoms with E-state index < -0.39 is 20.7 Å². The smallest absolute Gasteiger partial charge is 0.308 e. The number of ether oxygens (including phenoxy) is 6. The quantitative estimate of drug-likeness (QED) is 0.182. The van der Waals surface area contributed by atoms with Crippen molar-refractivity contribution >= 4 is 30.2 Å². The number of hydrogen-bond donors (Lipinski definition) is 0. The zero-order chi connectivity index (χ0) is 30.3. The van der Waals surface area contributed by atoms with Gasteiger partial charge in [0.25, 0.3) is 0 Å². The first-order valence-corrected chi connectivity index (χ1v) is 18.7. The number of methoxy groups -OCH3 is 4. The van der Waals surface area contributed by atoms with Crippen LogP contribution in [0.4, 0.5) is 0 Å². The molecule has 1 aliphatic heterocycles. The summed E-state index contributed by atoms with van der Waals surface area (Å²) in [7, 11) is 4.29. The SMILES string of the molecule is COC(=O)C1CC=C[C@@H]2C=C(Br)[C@H]3[C@@H](C[C@H](O[C@@H]4O[C@@H](C)[C@H](OC)[C@@H](OC)[C@H]4OC)[C@@H]3O[Si](C)(C)C(C)(C)C)[C@@H]2C1. The molecule has 1 saturated carbocycles. The van der Waals surface area contributed by atoms with Crippen LogP contribution in [-0.2, 0) is 37.6 Å². The lowest BCUT2D eigenvalue weighted by Gasteiger charge is -2.46. The fourth-order valence-corrected chi connectivity index (χ4v) is 9.38. The summed E-state index contributed by atoms with van der Waals surface area (Å²) >= 11 is 3.99. The molecule has 10 heteroatoms. The Labute approximate surface area is 256 Å². The standard InChI is InChI=1S/C31H51BrO8Si/c1-17-25(34-5)27(35-6)28(36-7)30(38-17)39-23-16-21-20-14-19(29(33)37-8)13-11-12-18(20)15-22(32)24(21)26(23)40-41(9,10)31(2,3)4/h11-12,15,17-21,23-28,30H,13-14,16H2,1-10H3/t17-,18+,19?,20+,21-,23-,24+,25-,26-,27+,28+,30-/m0/s1. The van der Waals surface area contributed by atoms with Crippen molar-refractivity contribution in [3.63, 3.8) is 0 Å². The van der Waals surface area contributed by atoms with Crippen LogP contribution >= 0.6 is 15.9 Å². The van der Waals surface area contributed by atoms with Gasteiger partial charge in [-0.25, -0.2) is 0 Å². The maximum absolute atomic E-state index is 12.7. The van der Waals surface area contributed by atoms with E-state index >= 15 is 0 Å². The molecular weight excluding hydrogens is 608 g/mol. The summed E-state index contributed by atoms with van der Waals surface area (Å²) in [6.07, 6.45) is 6.65. The first-order chi connectivity index (χ1) is 19.3. The number of hydrogen-bond acceptors (Lipinski definition) is 8. The lowest BCUT2D eigenvalue weighted by Crippen LogP contribution is -2.60. The van der Waals surface area contributed by atoms with Crippen LogP contribution in [-0.4, -0.2) is 85.6 Å². The fraction of sp³-hybridized carbons (Fsp3) is 0.839. The molecule has 3 aliphatic carbocycles. The highest BCUT2D eigenvalue weighted by atomic mass is 79.9. The number of allylic oxidation sites excluding steroid dienone is 3. The minimum Gasteiger partial charge on any atom is -0.469 e. The maximum atomic E-state index is 12.7. The number of fused-ring (bicyclic) bond motifs is 3. The molecule has 0 aromatic heterocycles. The van der Waals surface area contributed by atoms with Crippen LogP contribution in [0.1, 0.15) is 47.0 Å². The number of halogens is 1. The molecule has 0 bridgehead atoms. The van der Waals surface area contributed by atoms with Gasteiger partial charge in [-0.3, -0.25) is 4.79 Å². The molecule has 41 heavy (non-hydrogen) atoms. The van der Waals surface area contributed by atoms with Gasteiger partial charge in [-0.15, -0.1) is 0 Å². The summed E-state index contributed by atoms with van der Waals surface area (Å²) in [4.78, 5) is 12.7. The van der Waals surface area contributed by atoms with Crippen molar-refractivity contribution in [3.05, 3.63) is 22.7 Å². The van der Waals surface area contributed by atoms with Crippen LogP contribution in [0.2, 0.25) is 18.1 Å². The Kier molecular flexibility index (Phi) is 10.7. The Morgan fingerprint density at radius 2 is 1.63 bits per heavy atom. The summed E-state index contributed by atoms with van der Waals surface area (Å²) in [6.45, 7) is 13.4. The molecule has 0 N–H and O–H groups in total. The monoisotopic (exact) mass is 658 g/mol. The van der Waals surface area contributed by atoms with Crippen LogP contribution in [0, 0.1) is 29.6 Å². The predicted molar refractivity (Wildman–Crippen MR) is 163 cm³/mol. The second-order valence-corrected chi connectivity index (χ2v) is 19.3. The topological polar surface area (TPSA) is 81.7 Å². The van der Waals surface area contributed by atoms with Gasteiger partial charge in [0.15, 0.2) is 14.6 Å². The van der Waals surface area contributed by atoms with Crippen molar-refractivity contribution in [2.45, 2.75) is 108 Å². The third-order valence-electron chi connectivity index (χ3n) is 10.4. The van der Waals surface area contributed by atoms with Crippen molar-refractivity contribution in [2.24, 2.45) is 29.6 Å². The molecule has 0 amide bonds. The van der Waals surface area contributed by atoms with E-state index in [0.29, 0.717) is 6.42 Å². The van der Waals surface area contributed by atoms with Gasteiger partial charge < -0.3 is 32.8 Å². The molecule has 0 radical (unpaired) electrons. The van der Waals surface area contributed by atoms with Gasteiger partial charge in [0.2, 0.25) is 0 Å². The van der Waals surface area contributed by atoms with Gasteiger partial charge in [0, 0.05) is 27.2 Å². The van der Waals surface area contributed by atoms with Crippen molar-refractivity contribution in [1.29, 1.82) is 0 Å². The van der Waals surface area contributed by atoms with Crippen LogP contribution in [0.15, 0.2) is 22.7 Å². The molecule has 1 unspecified atom stereocenters. The second kappa shape index (κ2) is 13.2. The molecule has 8 nitrogen and oxygen atoms in total. The molecule has 1 saturated heterocycles. The van der Waals surface area contributed by atoms with E-state index in [1.165, 1.54) is 7.11 Å². The van der Waals surface area contributed by atoms with Gasteiger partial charge in [-0.05, 0) is 66.6 Å². The van der Waals surface area contributed by atoms with Gasteiger partial charge in [0.1, 0.15) is 18.3 Å². The van der Waals surface area contributed by atoms with E-state index in [4.69, 9.17) is 32.8 Å². The Morgan fingerprint density at radius 1 is 0.976 bits per heavy atom. The first kappa shape index (κ1) is 33.3. The van der Waals surface area contributed by atoms with Crippen LogP contribution in [0.5, 0.6) is 0 Å².